The Balaban J connectivity index is 2.78. The van der Waals surface area contributed by atoms with Crippen LogP contribution in [0.15, 0.2) is 22.7 Å². The summed E-state index contributed by atoms with van der Waals surface area (Å²) in [7, 11) is 0. The largest absolute Gasteiger partial charge is 0.328 e. The van der Waals surface area contributed by atoms with Gasteiger partial charge in [0, 0.05) is 23.0 Å². The molecule has 1 aromatic rings. The number of halogens is 1. The second-order valence-electron chi connectivity index (χ2n) is 3.98. The number of carbonyl (C=O) groups is 1. The Morgan fingerprint density at radius 1 is 1.61 bits per heavy atom. The third kappa shape index (κ3) is 4.42. The van der Waals surface area contributed by atoms with Gasteiger partial charge >= 0.3 is 0 Å². The molecule has 7 heteroatoms. The van der Waals surface area contributed by atoms with Gasteiger partial charge in [0.05, 0.1) is 4.92 Å². The Morgan fingerprint density at radius 2 is 2.28 bits per heavy atom. The predicted octanol–water partition coefficient (Wildman–Crippen LogP) is 2.42. The molecule has 18 heavy (non-hydrogen) atoms. The van der Waals surface area contributed by atoms with Gasteiger partial charge in [0.1, 0.15) is 5.69 Å². The average molecular weight is 316 g/mol. The number of benzene rings is 1. The molecule has 0 heterocycles. The molecular formula is C11H14BrN3O3. The Hall–Kier alpha value is -1.47. The van der Waals surface area contributed by atoms with Crippen LogP contribution in [0.3, 0.4) is 0 Å². The second-order valence-corrected chi connectivity index (χ2v) is 4.90. The first-order valence-corrected chi connectivity index (χ1v) is 6.19. The number of carbonyl (C=O) groups excluding carboxylic acids is 1. The number of hydrogen-bond acceptors (Lipinski definition) is 4. The lowest BCUT2D eigenvalue weighted by atomic mass is 10.2. The van der Waals surface area contributed by atoms with E-state index in [-0.39, 0.29) is 29.7 Å². The highest BCUT2D eigenvalue weighted by molar-refractivity contribution is 9.10. The zero-order valence-corrected chi connectivity index (χ0v) is 11.4. The normalized spacial score (nSPS) is 11.9. The Morgan fingerprint density at radius 3 is 2.83 bits per heavy atom. The molecule has 98 valence electrons. The minimum Gasteiger partial charge on any atom is -0.328 e. The molecule has 1 atom stereocenters. The smallest absolute Gasteiger partial charge is 0.293 e. The lowest BCUT2D eigenvalue weighted by Crippen LogP contribution is -2.19. The van der Waals surface area contributed by atoms with Crippen molar-refractivity contribution in [3.63, 3.8) is 0 Å². The van der Waals surface area contributed by atoms with Crippen molar-refractivity contribution in [3.8, 4) is 0 Å². The highest BCUT2D eigenvalue weighted by atomic mass is 79.9. The van der Waals surface area contributed by atoms with Crippen molar-refractivity contribution in [3.05, 3.63) is 32.8 Å². The lowest BCUT2D eigenvalue weighted by molar-refractivity contribution is -0.384. The third-order valence-electron chi connectivity index (χ3n) is 2.26. The quantitative estimate of drug-likeness (QED) is 0.644. The molecule has 0 saturated carbocycles. The molecule has 1 rings (SSSR count). The predicted molar refractivity (Wildman–Crippen MR) is 72.3 cm³/mol. The first-order valence-electron chi connectivity index (χ1n) is 5.39. The Labute approximate surface area is 113 Å². The van der Waals surface area contributed by atoms with Crippen molar-refractivity contribution < 1.29 is 9.72 Å². The fourth-order valence-electron chi connectivity index (χ4n) is 1.33. The van der Waals surface area contributed by atoms with E-state index in [0.29, 0.717) is 10.9 Å². The summed E-state index contributed by atoms with van der Waals surface area (Å²) in [4.78, 5) is 21.9. The molecule has 0 aromatic heterocycles. The Bertz CT molecular complexity index is 463. The molecule has 1 amide bonds. The van der Waals surface area contributed by atoms with E-state index in [0.717, 1.165) is 0 Å². The number of nitrogens with one attached hydrogen (secondary N) is 1. The van der Waals surface area contributed by atoms with E-state index in [1.807, 2.05) is 0 Å². The maximum atomic E-state index is 11.6. The molecule has 0 saturated heterocycles. The van der Waals surface area contributed by atoms with Gasteiger partial charge in [-0.05, 0) is 25.5 Å². The second kappa shape index (κ2) is 6.46. The maximum Gasteiger partial charge on any atom is 0.293 e. The summed E-state index contributed by atoms with van der Waals surface area (Å²) in [5.41, 5.74) is 5.59. The summed E-state index contributed by atoms with van der Waals surface area (Å²) in [6.07, 6.45) is 0.779. The summed E-state index contributed by atoms with van der Waals surface area (Å²) >= 11 is 3.15. The van der Waals surface area contributed by atoms with Crippen LogP contribution >= 0.6 is 15.9 Å². The van der Waals surface area contributed by atoms with Crippen molar-refractivity contribution in [2.45, 2.75) is 25.8 Å². The van der Waals surface area contributed by atoms with E-state index in [9.17, 15) is 14.9 Å². The Kier molecular flexibility index (Phi) is 5.24. The minimum absolute atomic E-state index is 0.0735. The summed E-state index contributed by atoms with van der Waals surface area (Å²) in [6, 6.07) is 4.40. The number of amides is 1. The van der Waals surface area contributed by atoms with Gasteiger partial charge in [-0.1, -0.05) is 15.9 Å². The molecule has 0 radical (unpaired) electrons. The average Bonchev–Trinajstić information content (AvgIpc) is 2.28. The van der Waals surface area contributed by atoms with Gasteiger partial charge in [0.15, 0.2) is 0 Å². The van der Waals surface area contributed by atoms with E-state index >= 15 is 0 Å². The SMILES string of the molecule is CC(N)CCC(=O)Nc1ccc(Br)cc1[N+](=O)[O-]. The molecule has 0 aliphatic carbocycles. The van der Waals surface area contributed by atoms with Crippen LogP contribution in [-0.2, 0) is 4.79 Å². The summed E-state index contributed by atoms with van der Waals surface area (Å²) in [6.45, 7) is 1.80. The van der Waals surface area contributed by atoms with Crippen molar-refractivity contribution >= 4 is 33.2 Å². The van der Waals surface area contributed by atoms with Crippen LogP contribution in [0.5, 0.6) is 0 Å². The number of rotatable bonds is 5. The topological polar surface area (TPSA) is 98.3 Å². The van der Waals surface area contributed by atoms with Crippen molar-refractivity contribution in [2.24, 2.45) is 5.73 Å². The van der Waals surface area contributed by atoms with E-state index < -0.39 is 4.92 Å². The molecule has 1 aromatic carbocycles. The van der Waals surface area contributed by atoms with Crippen LogP contribution in [0.2, 0.25) is 0 Å². The number of hydrogen-bond donors (Lipinski definition) is 2. The van der Waals surface area contributed by atoms with Gasteiger partial charge < -0.3 is 11.1 Å². The van der Waals surface area contributed by atoms with E-state index in [1.54, 1.807) is 13.0 Å². The van der Waals surface area contributed by atoms with Crippen molar-refractivity contribution in [2.75, 3.05) is 5.32 Å². The maximum absolute atomic E-state index is 11.6. The zero-order valence-electron chi connectivity index (χ0n) is 9.85. The fraction of sp³-hybridized carbons (Fsp3) is 0.364. The lowest BCUT2D eigenvalue weighted by Gasteiger charge is -2.07. The molecule has 6 nitrogen and oxygen atoms in total. The molecular weight excluding hydrogens is 302 g/mol. The van der Waals surface area contributed by atoms with Crippen LogP contribution in [0.25, 0.3) is 0 Å². The van der Waals surface area contributed by atoms with Crippen LogP contribution in [0.1, 0.15) is 19.8 Å². The molecule has 0 fully saturated rings. The van der Waals surface area contributed by atoms with E-state index in [1.165, 1.54) is 12.1 Å². The van der Waals surface area contributed by atoms with Gasteiger partial charge in [0.25, 0.3) is 5.69 Å². The number of nitro benzene ring substituents is 1. The van der Waals surface area contributed by atoms with Gasteiger partial charge in [-0.3, -0.25) is 14.9 Å². The fourth-order valence-corrected chi connectivity index (χ4v) is 1.68. The summed E-state index contributed by atoms with van der Waals surface area (Å²) in [5.74, 6) is -0.280. The minimum atomic E-state index is -0.536. The monoisotopic (exact) mass is 315 g/mol. The number of nitrogens with two attached hydrogens (primary N) is 1. The van der Waals surface area contributed by atoms with E-state index in [4.69, 9.17) is 5.73 Å². The third-order valence-corrected chi connectivity index (χ3v) is 2.75. The van der Waals surface area contributed by atoms with Gasteiger partial charge in [-0.15, -0.1) is 0 Å². The van der Waals surface area contributed by atoms with E-state index in [2.05, 4.69) is 21.2 Å². The van der Waals surface area contributed by atoms with Crippen LogP contribution in [0, 0.1) is 10.1 Å². The highest BCUT2D eigenvalue weighted by Gasteiger charge is 2.16. The van der Waals surface area contributed by atoms with Gasteiger partial charge in [-0.25, -0.2) is 0 Å². The van der Waals surface area contributed by atoms with Crippen LogP contribution in [-0.4, -0.2) is 16.9 Å². The first kappa shape index (κ1) is 14.6. The van der Waals surface area contributed by atoms with Crippen LogP contribution < -0.4 is 11.1 Å². The molecule has 3 N–H and O–H groups in total. The first-order chi connectivity index (χ1) is 8.40. The zero-order chi connectivity index (χ0) is 13.7. The van der Waals surface area contributed by atoms with Crippen molar-refractivity contribution in [1.29, 1.82) is 0 Å². The van der Waals surface area contributed by atoms with Gasteiger partial charge in [0.2, 0.25) is 5.91 Å². The van der Waals surface area contributed by atoms with Crippen LogP contribution in [0.4, 0.5) is 11.4 Å². The van der Waals surface area contributed by atoms with Crippen molar-refractivity contribution in [1.82, 2.24) is 0 Å². The van der Waals surface area contributed by atoms with Gasteiger partial charge in [-0.2, -0.15) is 0 Å². The standard InChI is InChI=1S/C11H14BrN3O3/c1-7(13)2-5-11(16)14-9-4-3-8(12)6-10(9)15(17)18/h3-4,6-7H,2,5,13H2,1H3,(H,14,16). The highest BCUT2D eigenvalue weighted by Crippen LogP contribution is 2.28. The number of anilines is 1. The molecule has 0 aliphatic heterocycles. The molecule has 0 bridgehead atoms. The molecule has 0 aliphatic rings. The summed E-state index contributed by atoms with van der Waals surface area (Å²) < 4.78 is 0.586. The summed E-state index contributed by atoms with van der Waals surface area (Å²) in [5, 5.41) is 13.4. The molecule has 1 unspecified atom stereocenters. The number of nitrogens with zero attached hydrogens (tertiary/aromatic N) is 1. The molecule has 0 spiro atoms. The number of nitro groups is 1.